The summed E-state index contributed by atoms with van der Waals surface area (Å²) in [5.41, 5.74) is 0. The molecular weight excluding hydrogens is 212 g/mol. The Morgan fingerprint density at radius 3 is 2.59 bits per heavy atom. The van der Waals surface area contributed by atoms with E-state index in [-0.39, 0.29) is 0 Å². The minimum atomic E-state index is 0.553. The Morgan fingerprint density at radius 1 is 1.18 bits per heavy atom. The van der Waals surface area contributed by atoms with Crippen molar-refractivity contribution in [2.45, 2.75) is 51.5 Å². The van der Waals surface area contributed by atoms with Crippen molar-refractivity contribution >= 4 is 0 Å². The molecule has 0 bridgehead atoms. The molecule has 0 spiro atoms. The number of aryl methyl sites for hydroxylation is 1. The van der Waals surface area contributed by atoms with Crippen LogP contribution < -0.4 is 5.32 Å². The smallest absolute Gasteiger partial charge is 0.137 e. The van der Waals surface area contributed by atoms with Gasteiger partial charge in [-0.1, -0.05) is 19.8 Å². The summed E-state index contributed by atoms with van der Waals surface area (Å²) in [6, 6.07) is 0.660. The molecule has 4 nitrogen and oxygen atoms in total. The van der Waals surface area contributed by atoms with Gasteiger partial charge in [0.1, 0.15) is 11.6 Å². The summed E-state index contributed by atoms with van der Waals surface area (Å²) in [7, 11) is 0. The number of hydrogen-bond donors (Lipinski definition) is 1. The Balaban J connectivity index is 1.93. The van der Waals surface area contributed by atoms with E-state index in [0.717, 1.165) is 18.9 Å². The molecule has 0 aromatic carbocycles. The highest BCUT2D eigenvalue weighted by Crippen LogP contribution is 2.35. The second kappa shape index (κ2) is 4.41. The molecule has 1 saturated heterocycles. The number of nitrogens with one attached hydrogen (secondary N) is 1. The summed E-state index contributed by atoms with van der Waals surface area (Å²) in [5.74, 6) is 3.56. The minimum Gasteiger partial charge on any atom is -0.316 e. The van der Waals surface area contributed by atoms with Crippen molar-refractivity contribution in [2.24, 2.45) is 5.92 Å². The van der Waals surface area contributed by atoms with E-state index in [2.05, 4.69) is 33.9 Å². The molecule has 2 fully saturated rings. The second-order valence-electron chi connectivity index (χ2n) is 5.66. The van der Waals surface area contributed by atoms with Gasteiger partial charge < -0.3 is 9.88 Å². The van der Waals surface area contributed by atoms with E-state index < -0.39 is 0 Å². The van der Waals surface area contributed by atoms with Gasteiger partial charge in [0.2, 0.25) is 0 Å². The average molecular weight is 234 g/mol. The second-order valence-corrected chi connectivity index (χ2v) is 5.66. The molecule has 3 rings (SSSR count). The van der Waals surface area contributed by atoms with E-state index in [1.54, 1.807) is 0 Å². The zero-order valence-electron chi connectivity index (χ0n) is 10.8. The fourth-order valence-electron chi connectivity index (χ4n) is 3.41. The predicted molar refractivity (Wildman–Crippen MR) is 67.0 cm³/mol. The molecule has 2 unspecified atom stereocenters. The minimum absolute atomic E-state index is 0.553. The van der Waals surface area contributed by atoms with E-state index in [1.807, 2.05) is 0 Å². The highest BCUT2D eigenvalue weighted by atomic mass is 15.3. The molecule has 2 aliphatic rings. The first-order chi connectivity index (χ1) is 8.27. The molecule has 2 heterocycles. The van der Waals surface area contributed by atoms with Gasteiger partial charge in [0, 0.05) is 18.5 Å². The molecule has 0 amide bonds. The van der Waals surface area contributed by atoms with Gasteiger partial charge in [0.25, 0.3) is 0 Å². The molecule has 0 radical (unpaired) electrons. The van der Waals surface area contributed by atoms with Gasteiger partial charge in [-0.05, 0) is 32.2 Å². The lowest BCUT2D eigenvalue weighted by Gasteiger charge is -2.20. The predicted octanol–water partition coefficient (Wildman–Crippen LogP) is 2.02. The third-order valence-corrected chi connectivity index (χ3v) is 4.43. The molecular formula is C13H22N4. The van der Waals surface area contributed by atoms with Crippen molar-refractivity contribution in [3.8, 4) is 0 Å². The lowest BCUT2D eigenvalue weighted by atomic mass is 9.97. The molecule has 2 atom stereocenters. The lowest BCUT2D eigenvalue weighted by Crippen LogP contribution is -2.18. The van der Waals surface area contributed by atoms with Crippen LogP contribution in [0.5, 0.6) is 0 Å². The lowest BCUT2D eigenvalue weighted by molar-refractivity contribution is 0.445. The van der Waals surface area contributed by atoms with Crippen LogP contribution in [0.2, 0.25) is 0 Å². The van der Waals surface area contributed by atoms with Crippen molar-refractivity contribution in [1.29, 1.82) is 0 Å². The fraction of sp³-hybridized carbons (Fsp3) is 0.846. The first-order valence-corrected chi connectivity index (χ1v) is 6.89. The Labute approximate surface area is 103 Å². The van der Waals surface area contributed by atoms with Crippen molar-refractivity contribution in [3.05, 3.63) is 11.6 Å². The van der Waals surface area contributed by atoms with Gasteiger partial charge >= 0.3 is 0 Å². The Bertz CT molecular complexity index is 392. The van der Waals surface area contributed by atoms with Crippen LogP contribution in [0.15, 0.2) is 0 Å². The molecule has 1 N–H and O–H groups in total. The third-order valence-electron chi connectivity index (χ3n) is 4.43. The summed E-state index contributed by atoms with van der Waals surface area (Å²) < 4.78 is 2.43. The summed E-state index contributed by atoms with van der Waals surface area (Å²) in [4.78, 5) is 0. The SMILES string of the molecule is Cc1nnc(C2CNCC2C)n1C1CCCC1. The molecule has 1 saturated carbocycles. The number of rotatable bonds is 2. The highest BCUT2D eigenvalue weighted by molar-refractivity contribution is 5.08. The average Bonchev–Trinajstić information content (AvgIpc) is 2.98. The van der Waals surface area contributed by atoms with Crippen LogP contribution >= 0.6 is 0 Å². The summed E-state index contributed by atoms with van der Waals surface area (Å²) in [6.07, 6.45) is 5.33. The first kappa shape index (κ1) is 11.2. The van der Waals surface area contributed by atoms with Crippen LogP contribution in [-0.4, -0.2) is 27.9 Å². The van der Waals surface area contributed by atoms with E-state index >= 15 is 0 Å². The van der Waals surface area contributed by atoms with Gasteiger partial charge in [-0.3, -0.25) is 0 Å². The van der Waals surface area contributed by atoms with E-state index in [1.165, 1.54) is 31.5 Å². The van der Waals surface area contributed by atoms with Crippen LogP contribution in [0, 0.1) is 12.8 Å². The molecule has 1 aromatic rings. The Kier molecular flexibility index (Phi) is 2.90. The normalized spacial score (nSPS) is 30.2. The summed E-state index contributed by atoms with van der Waals surface area (Å²) >= 11 is 0. The van der Waals surface area contributed by atoms with E-state index in [0.29, 0.717) is 17.9 Å². The Morgan fingerprint density at radius 2 is 1.94 bits per heavy atom. The van der Waals surface area contributed by atoms with Crippen LogP contribution in [0.3, 0.4) is 0 Å². The summed E-state index contributed by atoms with van der Waals surface area (Å²) in [5, 5.41) is 12.3. The third kappa shape index (κ3) is 1.88. The van der Waals surface area contributed by atoms with Crippen molar-refractivity contribution in [1.82, 2.24) is 20.1 Å². The first-order valence-electron chi connectivity index (χ1n) is 6.89. The van der Waals surface area contributed by atoms with Crippen LogP contribution in [0.25, 0.3) is 0 Å². The fourth-order valence-corrected chi connectivity index (χ4v) is 3.41. The maximum absolute atomic E-state index is 4.47. The van der Waals surface area contributed by atoms with E-state index in [4.69, 9.17) is 0 Å². The molecule has 1 aliphatic heterocycles. The van der Waals surface area contributed by atoms with Gasteiger partial charge in [-0.15, -0.1) is 10.2 Å². The molecule has 4 heteroatoms. The highest BCUT2D eigenvalue weighted by Gasteiger charge is 2.32. The van der Waals surface area contributed by atoms with Gasteiger partial charge in [-0.25, -0.2) is 0 Å². The van der Waals surface area contributed by atoms with Crippen LogP contribution in [0.1, 0.15) is 56.2 Å². The van der Waals surface area contributed by atoms with E-state index in [9.17, 15) is 0 Å². The molecule has 94 valence electrons. The Hall–Kier alpha value is -0.900. The van der Waals surface area contributed by atoms with Gasteiger partial charge in [-0.2, -0.15) is 0 Å². The zero-order chi connectivity index (χ0) is 11.8. The maximum Gasteiger partial charge on any atom is 0.137 e. The van der Waals surface area contributed by atoms with Gasteiger partial charge in [0.05, 0.1) is 0 Å². The van der Waals surface area contributed by atoms with Gasteiger partial charge in [0.15, 0.2) is 0 Å². The van der Waals surface area contributed by atoms with Crippen LogP contribution in [-0.2, 0) is 0 Å². The van der Waals surface area contributed by atoms with Crippen LogP contribution in [0.4, 0.5) is 0 Å². The number of nitrogens with zero attached hydrogens (tertiary/aromatic N) is 3. The molecule has 1 aromatic heterocycles. The quantitative estimate of drug-likeness (QED) is 0.851. The zero-order valence-corrected chi connectivity index (χ0v) is 10.8. The maximum atomic E-state index is 4.47. The standard InChI is InChI=1S/C13H22N4/c1-9-7-14-8-12(9)13-16-15-10(2)17(13)11-5-3-4-6-11/h9,11-12,14H,3-8H2,1-2H3. The van der Waals surface area contributed by atoms with Crippen molar-refractivity contribution in [3.63, 3.8) is 0 Å². The molecule has 1 aliphatic carbocycles. The monoisotopic (exact) mass is 234 g/mol. The number of hydrogen-bond acceptors (Lipinski definition) is 3. The van der Waals surface area contributed by atoms with Crippen molar-refractivity contribution < 1.29 is 0 Å². The largest absolute Gasteiger partial charge is 0.316 e. The van der Waals surface area contributed by atoms with Crippen molar-refractivity contribution in [2.75, 3.05) is 13.1 Å². The number of aromatic nitrogens is 3. The summed E-state index contributed by atoms with van der Waals surface area (Å²) in [6.45, 7) is 6.59. The topological polar surface area (TPSA) is 42.7 Å². The molecule has 17 heavy (non-hydrogen) atoms.